The molecular formula is C14H11N7O6S2. The maximum absolute atomic E-state index is 12.0. The first-order chi connectivity index (χ1) is 13.5. The van der Waals surface area contributed by atoms with Crippen LogP contribution in [0.5, 0.6) is 0 Å². The zero-order chi connectivity index (χ0) is 21.4. The van der Waals surface area contributed by atoms with Crippen molar-refractivity contribution in [3.8, 4) is 22.8 Å². The standard InChI is InChI=1S/C14H11N7O6S2/c1-28(24,25)12-7(3-15-5-17-12)9-19-10(21-11(20-9)14(22)23)8-4-16-6-18-13(8)29(2,26)27/h3-6H,1-2H3,(H,22,23). The van der Waals surface area contributed by atoms with Gasteiger partial charge in [-0.3, -0.25) is 0 Å². The highest BCUT2D eigenvalue weighted by Gasteiger charge is 2.24. The van der Waals surface area contributed by atoms with Crippen molar-refractivity contribution in [2.75, 3.05) is 12.5 Å². The van der Waals surface area contributed by atoms with E-state index in [4.69, 9.17) is 0 Å². The zero-order valence-corrected chi connectivity index (χ0v) is 16.4. The third-order valence-electron chi connectivity index (χ3n) is 3.36. The van der Waals surface area contributed by atoms with Gasteiger partial charge in [-0.25, -0.2) is 56.5 Å². The maximum atomic E-state index is 12.0. The van der Waals surface area contributed by atoms with Crippen molar-refractivity contribution in [1.29, 1.82) is 0 Å². The Morgan fingerprint density at radius 1 is 0.793 bits per heavy atom. The highest BCUT2D eigenvalue weighted by Crippen LogP contribution is 2.26. The largest absolute Gasteiger partial charge is 0.475 e. The van der Waals surface area contributed by atoms with E-state index >= 15 is 0 Å². The summed E-state index contributed by atoms with van der Waals surface area (Å²) in [6.45, 7) is 0. The molecule has 0 aliphatic carbocycles. The molecule has 0 aromatic carbocycles. The average Bonchev–Trinajstić information content (AvgIpc) is 2.66. The van der Waals surface area contributed by atoms with E-state index in [1.165, 1.54) is 0 Å². The number of aromatic carboxylic acids is 1. The molecule has 0 fully saturated rings. The second kappa shape index (κ2) is 7.17. The van der Waals surface area contributed by atoms with Crippen molar-refractivity contribution >= 4 is 25.6 Å². The molecule has 0 amide bonds. The van der Waals surface area contributed by atoms with E-state index in [2.05, 4.69) is 34.9 Å². The molecule has 3 aromatic rings. The molecule has 0 spiro atoms. The summed E-state index contributed by atoms with van der Waals surface area (Å²) in [7, 11) is -7.69. The van der Waals surface area contributed by atoms with Crippen LogP contribution in [-0.2, 0) is 19.7 Å². The minimum Gasteiger partial charge on any atom is -0.475 e. The molecule has 3 aromatic heterocycles. The third-order valence-corrected chi connectivity index (χ3v) is 5.42. The van der Waals surface area contributed by atoms with Crippen LogP contribution in [0, 0.1) is 0 Å². The Bertz CT molecular complexity index is 1250. The molecule has 0 atom stereocenters. The second-order valence-electron chi connectivity index (χ2n) is 5.64. The summed E-state index contributed by atoms with van der Waals surface area (Å²) in [6, 6.07) is 0. The summed E-state index contributed by atoms with van der Waals surface area (Å²) in [5.41, 5.74) is -0.363. The molecule has 3 rings (SSSR count). The van der Waals surface area contributed by atoms with Crippen molar-refractivity contribution in [2.45, 2.75) is 10.1 Å². The van der Waals surface area contributed by atoms with Crippen molar-refractivity contribution in [3.63, 3.8) is 0 Å². The summed E-state index contributed by atoms with van der Waals surface area (Å²) < 4.78 is 48.0. The normalized spacial score (nSPS) is 11.9. The number of rotatable bonds is 5. The topological polar surface area (TPSA) is 196 Å². The van der Waals surface area contributed by atoms with Gasteiger partial charge in [0.2, 0.25) is 5.82 Å². The van der Waals surface area contributed by atoms with E-state index in [0.29, 0.717) is 0 Å². The first-order valence-corrected chi connectivity index (χ1v) is 11.3. The van der Waals surface area contributed by atoms with Gasteiger partial charge in [0.05, 0.1) is 11.1 Å². The molecule has 0 aliphatic rings. The van der Waals surface area contributed by atoms with Gasteiger partial charge in [0.25, 0.3) is 0 Å². The monoisotopic (exact) mass is 437 g/mol. The van der Waals surface area contributed by atoms with Crippen molar-refractivity contribution in [3.05, 3.63) is 30.9 Å². The Morgan fingerprint density at radius 3 is 1.55 bits per heavy atom. The zero-order valence-electron chi connectivity index (χ0n) is 14.7. The van der Waals surface area contributed by atoms with E-state index in [-0.39, 0.29) is 22.8 Å². The molecule has 150 valence electrons. The van der Waals surface area contributed by atoms with E-state index in [1.807, 2.05) is 0 Å². The Balaban J connectivity index is 2.36. The number of aromatic nitrogens is 7. The summed E-state index contributed by atoms with van der Waals surface area (Å²) in [5.74, 6) is -3.06. The Labute approximate surface area is 163 Å². The van der Waals surface area contributed by atoms with Crippen LogP contribution in [0.15, 0.2) is 35.1 Å². The van der Waals surface area contributed by atoms with Crippen molar-refractivity contribution in [2.24, 2.45) is 0 Å². The second-order valence-corrected chi connectivity index (χ2v) is 9.50. The molecule has 0 unspecified atom stereocenters. The van der Waals surface area contributed by atoms with Crippen molar-refractivity contribution in [1.82, 2.24) is 34.9 Å². The van der Waals surface area contributed by atoms with E-state index in [9.17, 15) is 26.7 Å². The van der Waals surface area contributed by atoms with Gasteiger partial charge in [-0.1, -0.05) is 0 Å². The van der Waals surface area contributed by atoms with E-state index < -0.39 is 41.5 Å². The molecule has 29 heavy (non-hydrogen) atoms. The number of hydrogen-bond acceptors (Lipinski definition) is 12. The van der Waals surface area contributed by atoms with Crippen LogP contribution >= 0.6 is 0 Å². The van der Waals surface area contributed by atoms with Crippen LogP contribution in [0.4, 0.5) is 0 Å². The van der Waals surface area contributed by atoms with Gasteiger partial charge in [-0.05, 0) is 0 Å². The molecule has 0 saturated heterocycles. The third kappa shape index (κ3) is 4.19. The highest BCUT2D eigenvalue weighted by atomic mass is 32.2. The molecular weight excluding hydrogens is 426 g/mol. The Hall–Kier alpha value is -3.46. The van der Waals surface area contributed by atoms with Crippen LogP contribution in [-0.4, -0.2) is 75.3 Å². The molecule has 15 heteroatoms. The van der Waals surface area contributed by atoms with E-state index in [0.717, 1.165) is 37.6 Å². The van der Waals surface area contributed by atoms with Gasteiger partial charge in [-0.2, -0.15) is 0 Å². The number of carboxylic acid groups (broad SMARTS) is 1. The molecule has 0 radical (unpaired) electrons. The average molecular weight is 437 g/mol. The van der Waals surface area contributed by atoms with Gasteiger partial charge in [0, 0.05) is 24.9 Å². The lowest BCUT2D eigenvalue weighted by Gasteiger charge is -2.09. The smallest absolute Gasteiger partial charge is 0.374 e. The van der Waals surface area contributed by atoms with Crippen LogP contribution < -0.4 is 0 Å². The number of carbonyl (C=O) groups is 1. The summed E-state index contributed by atoms with van der Waals surface area (Å²) in [5, 5.41) is 8.46. The quantitative estimate of drug-likeness (QED) is 0.492. The lowest BCUT2D eigenvalue weighted by Crippen LogP contribution is -2.12. The molecule has 0 saturated carbocycles. The van der Waals surface area contributed by atoms with Crippen LogP contribution in [0.1, 0.15) is 10.6 Å². The molecule has 3 heterocycles. The van der Waals surface area contributed by atoms with Crippen molar-refractivity contribution < 1.29 is 26.7 Å². The summed E-state index contributed by atoms with van der Waals surface area (Å²) in [4.78, 5) is 37.8. The van der Waals surface area contributed by atoms with Gasteiger partial charge in [0.1, 0.15) is 12.7 Å². The van der Waals surface area contributed by atoms with Crippen LogP contribution in [0.25, 0.3) is 22.8 Å². The molecule has 1 N–H and O–H groups in total. The van der Waals surface area contributed by atoms with Gasteiger partial charge in [0.15, 0.2) is 41.4 Å². The van der Waals surface area contributed by atoms with Gasteiger partial charge >= 0.3 is 5.97 Å². The number of hydrogen-bond donors (Lipinski definition) is 1. The fourth-order valence-corrected chi connectivity index (χ4v) is 3.81. The Kier molecular flexibility index (Phi) is 5.02. The van der Waals surface area contributed by atoms with Gasteiger partial charge < -0.3 is 5.11 Å². The lowest BCUT2D eigenvalue weighted by atomic mass is 10.3. The fourth-order valence-electron chi connectivity index (χ4n) is 2.25. The predicted molar refractivity (Wildman–Crippen MR) is 95.1 cm³/mol. The fraction of sp³-hybridized carbons (Fsp3) is 0.143. The molecule has 0 bridgehead atoms. The number of sulfone groups is 2. The molecule has 0 aliphatic heterocycles. The van der Waals surface area contributed by atoms with Gasteiger partial charge in [-0.15, -0.1) is 0 Å². The predicted octanol–water partition coefficient (Wildman–Crippen LogP) is -0.709. The Morgan fingerprint density at radius 2 is 1.21 bits per heavy atom. The highest BCUT2D eigenvalue weighted by molar-refractivity contribution is 7.91. The molecule has 13 nitrogen and oxygen atoms in total. The van der Waals surface area contributed by atoms with Crippen LogP contribution in [0.2, 0.25) is 0 Å². The maximum Gasteiger partial charge on any atom is 0.374 e. The first kappa shape index (κ1) is 20.3. The minimum absolute atomic E-state index is 0.182. The number of carboxylic acids is 1. The summed E-state index contributed by atoms with van der Waals surface area (Å²) >= 11 is 0. The minimum atomic E-state index is -3.84. The summed E-state index contributed by atoms with van der Waals surface area (Å²) in [6.07, 6.45) is 5.96. The van der Waals surface area contributed by atoms with E-state index in [1.54, 1.807) is 0 Å². The first-order valence-electron chi connectivity index (χ1n) is 7.48. The number of nitrogens with zero attached hydrogens (tertiary/aromatic N) is 7. The SMILES string of the molecule is CS(=O)(=O)c1ncncc1-c1nc(C(=O)O)nc(-c2cncnc2S(C)(=O)=O)n1. The lowest BCUT2D eigenvalue weighted by molar-refractivity contribution is 0.0683. The van der Waals surface area contributed by atoms with Crippen LogP contribution in [0.3, 0.4) is 0 Å².